The molecule has 0 radical (unpaired) electrons. The maximum absolute atomic E-state index is 11.7. The highest BCUT2D eigenvalue weighted by molar-refractivity contribution is 4.82. The first kappa shape index (κ1) is 23.3. The van der Waals surface area contributed by atoms with Gasteiger partial charge in [0, 0.05) is 0 Å². The quantitative estimate of drug-likeness (QED) is 0.753. The van der Waals surface area contributed by atoms with Gasteiger partial charge in [-0.2, -0.15) is 26.3 Å². The summed E-state index contributed by atoms with van der Waals surface area (Å²) in [6.45, 7) is -4.32. The average molecular weight is 364 g/mol. The van der Waals surface area contributed by atoms with Gasteiger partial charge in [-0.3, -0.25) is 0 Å². The summed E-state index contributed by atoms with van der Waals surface area (Å²) in [6, 6.07) is 0. The van der Waals surface area contributed by atoms with Gasteiger partial charge in [0.15, 0.2) is 0 Å². The van der Waals surface area contributed by atoms with Crippen molar-refractivity contribution in [1.82, 2.24) is 0 Å². The first-order chi connectivity index (χ1) is 9.43. The van der Waals surface area contributed by atoms with Crippen LogP contribution in [0.5, 0.6) is 0 Å². The zero-order valence-electron chi connectivity index (χ0n) is 10.00. The van der Waals surface area contributed by atoms with Crippen molar-refractivity contribution in [2.75, 3.05) is 13.2 Å². The maximum atomic E-state index is 11.7. The van der Waals surface area contributed by atoms with Crippen molar-refractivity contribution in [1.29, 1.82) is 0 Å². The van der Waals surface area contributed by atoms with Crippen LogP contribution in [0.25, 0.3) is 0 Å². The second-order valence-electron chi connectivity index (χ2n) is 3.65. The number of aliphatic hydroxyl groups excluding tert-OH is 2. The minimum atomic E-state index is -5.63. The molecular weight excluding hydrogens is 356 g/mol. The summed E-state index contributed by atoms with van der Waals surface area (Å²) in [5, 5.41) is 15.3. The Bertz CT molecular complexity index is 290. The van der Waals surface area contributed by atoms with Gasteiger partial charge >= 0.3 is 24.2 Å². The predicted octanol–water partition coefficient (Wildman–Crippen LogP) is 3.03. The van der Waals surface area contributed by atoms with Crippen molar-refractivity contribution < 1.29 is 62.9 Å². The molecule has 2 unspecified atom stereocenters. The van der Waals surface area contributed by atoms with Crippen molar-refractivity contribution in [2.24, 2.45) is 0 Å². The first-order valence-corrected chi connectivity index (χ1v) is 4.82. The van der Waals surface area contributed by atoms with Gasteiger partial charge in [0.05, 0.1) is 0 Å². The van der Waals surface area contributed by atoms with Crippen molar-refractivity contribution in [3.63, 3.8) is 0 Å². The minimum absolute atomic E-state index is 2.16. The molecule has 0 heterocycles. The molecule has 0 aromatic rings. The van der Waals surface area contributed by atoms with Crippen LogP contribution in [0.4, 0.5) is 52.7 Å². The molecule has 0 saturated carbocycles. The summed E-state index contributed by atoms with van der Waals surface area (Å²) in [7, 11) is 0. The number of alkyl halides is 12. The number of halogens is 12. The van der Waals surface area contributed by atoms with Crippen molar-refractivity contribution in [3.05, 3.63) is 0 Å². The largest absolute Gasteiger partial charge is 0.425 e. The first-order valence-electron chi connectivity index (χ1n) is 4.82. The van der Waals surface area contributed by atoms with Crippen molar-refractivity contribution >= 4 is 0 Å². The van der Waals surface area contributed by atoms with Gasteiger partial charge in [0.1, 0.15) is 13.2 Å². The molecule has 0 aromatic carbocycles. The molecule has 0 aromatic heterocycles. The summed E-state index contributed by atoms with van der Waals surface area (Å²) in [6.07, 6.45) is -19.9. The van der Waals surface area contributed by atoms with E-state index in [1.165, 1.54) is 0 Å². The number of hydrogen-bond acceptors (Lipinski definition) is 2. The third-order valence-corrected chi connectivity index (χ3v) is 1.74. The lowest BCUT2D eigenvalue weighted by Gasteiger charge is -2.19. The van der Waals surface area contributed by atoms with Crippen LogP contribution in [-0.2, 0) is 0 Å². The molecule has 0 aliphatic rings. The fourth-order valence-electron chi connectivity index (χ4n) is 0.639. The Morgan fingerprint density at radius 2 is 0.727 bits per heavy atom. The second kappa shape index (κ2) is 7.57. The third kappa shape index (κ3) is 7.38. The van der Waals surface area contributed by atoms with Crippen LogP contribution in [0.15, 0.2) is 0 Å². The van der Waals surface area contributed by atoms with Crippen LogP contribution in [0.3, 0.4) is 0 Å². The molecule has 22 heavy (non-hydrogen) atoms. The zero-order valence-corrected chi connectivity index (χ0v) is 10.00. The van der Waals surface area contributed by atoms with Gasteiger partial charge in [-0.05, 0) is 0 Å². The van der Waals surface area contributed by atoms with E-state index in [0.29, 0.717) is 0 Å². The van der Waals surface area contributed by atoms with Crippen LogP contribution < -0.4 is 0 Å². The molecule has 2 N–H and O–H groups in total. The number of rotatable bonds is 4. The van der Waals surface area contributed by atoms with Gasteiger partial charge in [-0.25, -0.2) is 26.3 Å². The van der Waals surface area contributed by atoms with E-state index in [-0.39, 0.29) is 0 Å². The van der Waals surface area contributed by atoms with Crippen LogP contribution in [0.1, 0.15) is 0 Å². The predicted molar refractivity (Wildman–Crippen MR) is 46.0 cm³/mol. The molecule has 2 atom stereocenters. The molecule has 0 amide bonds. The minimum Gasteiger partial charge on any atom is -0.390 e. The van der Waals surface area contributed by atoms with E-state index >= 15 is 0 Å². The fourth-order valence-corrected chi connectivity index (χ4v) is 0.639. The standard InChI is InChI=1S/2C4H4F6O/c2*5-2(4(8,9)10)3(6,7)1-11/h2*2,11H,1H2. The van der Waals surface area contributed by atoms with Gasteiger partial charge in [-0.15, -0.1) is 0 Å². The fraction of sp³-hybridized carbons (Fsp3) is 1.00. The molecule has 2 nitrogen and oxygen atoms in total. The molecule has 14 heteroatoms. The smallest absolute Gasteiger partial charge is 0.390 e. The van der Waals surface area contributed by atoms with Gasteiger partial charge in [-0.1, -0.05) is 0 Å². The Labute approximate surface area is 114 Å². The maximum Gasteiger partial charge on any atom is 0.425 e. The molecule has 0 aliphatic carbocycles. The van der Waals surface area contributed by atoms with E-state index in [1.807, 2.05) is 0 Å². The topological polar surface area (TPSA) is 40.5 Å². The Morgan fingerprint density at radius 3 is 0.773 bits per heavy atom. The van der Waals surface area contributed by atoms with E-state index in [0.717, 1.165) is 0 Å². The van der Waals surface area contributed by atoms with E-state index < -0.39 is 49.8 Å². The number of hydrogen-bond donors (Lipinski definition) is 2. The van der Waals surface area contributed by atoms with Crippen LogP contribution >= 0.6 is 0 Å². The molecule has 0 spiro atoms. The Hall–Kier alpha value is -0.920. The SMILES string of the molecule is OCC(F)(F)C(F)C(F)(F)F.OCC(F)(F)C(F)C(F)(F)F. The highest BCUT2D eigenvalue weighted by Gasteiger charge is 2.57. The Balaban J connectivity index is 0. The summed E-state index contributed by atoms with van der Waals surface area (Å²) in [5.74, 6) is -9.50. The van der Waals surface area contributed by atoms with Gasteiger partial charge in [0.25, 0.3) is 12.3 Å². The molecule has 0 fully saturated rings. The van der Waals surface area contributed by atoms with E-state index in [2.05, 4.69) is 0 Å². The molecule has 0 rings (SSSR count). The van der Waals surface area contributed by atoms with Crippen molar-refractivity contribution in [3.8, 4) is 0 Å². The van der Waals surface area contributed by atoms with Crippen LogP contribution in [-0.4, -0.2) is 60.0 Å². The average Bonchev–Trinajstić information content (AvgIpc) is 2.35. The van der Waals surface area contributed by atoms with Gasteiger partial charge in [0.2, 0.25) is 0 Å². The van der Waals surface area contributed by atoms with Crippen molar-refractivity contribution in [2.45, 2.75) is 36.5 Å². The lowest BCUT2D eigenvalue weighted by molar-refractivity contribution is -0.252. The summed E-state index contributed by atoms with van der Waals surface area (Å²) in [5.41, 5.74) is 0. The third-order valence-electron chi connectivity index (χ3n) is 1.74. The second-order valence-corrected chi connectivity index (χ2v) is 3.65. The molecule has 0 bridgehead atoms. The summed E-state index contributed by atoms with van der Waals surface area (Å²) >= 11 is 0. The Kier molecular flexibility index (Phi) is 8.03. The lowest BCUT2D eigenvalue weighted by Crippen LogP contribution is -2.44. The molecule has 136 valence electrons. The summed E-state index contributed by atoms with van der Waals surface area (Å²) in [4.78, 5) is 0. The normalized spacial score (nSPS) is 16.6. The van der Waals surface area contributed by atoms with E-state index in [9.17, 15) is 52.7 Å². The molecule has 0 saturated heterocycles. The monoisotopic (exact) mass is 364 g/mol. The highest BCUT2D eigenvalue weighted by atomic mass is 19.4. The van der Waals surface area contributed by atoms with E-state index in [1.54, 1.807) is 0 Å². The van der Waals surface area contributed by atoms with Crippen LogP contribution in [0.2, 0.25) is 0 Å². The Morgan fingerprint density at radius 1 is 0.545 bits per heavy atom. The van der Waals surface area contributed by atoms with Gasteiger partial charge < -0.3 is 10.2 Å². The molecule has 0 aliphatic heterocycles. The molecular formula is C8H8F12O2. The van der Waals surface area contributed by atoms with E-state index in [4.69, 9.17) is 10.2 Å². The lowest BCUT2D eigenvalue weighted by atomic mass is 10.2. The highest BCUT2D eigenvalue weighted by Crippen LogP contribution is 2.35. The zero-order chi connectivity index (χ0) is 18.6. The number of aliphatic hydroxyl groups is 2. The van der Waals surface area contributed by atoms with Crippen LogP contribution in [0, 0.1) is 0 Å². The summed E-state index contributed by atoms with van der Waals surface area (Å²) < 4.78 is 137.